The van der Waals surface area contributed by atoms with Gasteiger partial charge in [0.1, 0.15) is 17.7 Å². The van der Waals surface area contributed by atoms with E-state index in [1.807, 2.05) is 78.8 Å². The van der Waals surface area contributed by atoms with E-state index in [0.29, 0.717) is 22.7 Å². The van der Waals surface area contributed by atoms with Gasteiger partial charge < -0.3 is 20.3 Å². The highest BCUT2D eigenvalue weighted by Crippen LogP contribution is 2.32. The van der Waals surface area contributed by atoms with Crippen LogP contribution in [0, 0.1) is 26.7 Å². The van der Waals surface area contributed by atoms with Gasteiger partial charge in [0, 0.05) is 6.04 Å². The van der Waals surface area contributed by atoms with Gasteiger partial charge in [-0.25, -0.2) is 4.79 Å². The van der Waals surface area contributed by atoms with Gasteiger partial charge in [-0.1, -0.05) is 73.3 Å². The number of para-hydroxylation sites is 1. The molecule has 0 bridgehead atoms. The van der Waals surface area contributed by atoms with Crippen LogP contribution in [0.1, 0.15) is 83.2 Å². The van der Waals surface area contributed by atoms with Crippen LogP contribution in [-0.2, 0) is 14.3 Å². The molecule has 3 unspecified atom stereocenters. The number of carbonyl (C=O) groups is 3. The van der Waals surface area contributed by atoms with Crippen molar-refractivity contribution in [3.05, 3.63) is 63.7 Å². The smallest absolute Gasteiger partial charge is 0.408 e. The van der Waals surface area contributed by atoms with Crippen LogP contribution in [0.25, 0.3) is 0 Å². The Kier molecular flexibility index (Phi) is 11.0. The molecule has 0 saturated heterocycles. The molecule has 2 aromatic carbocycles. The Bertz CT molecular complexity index is 1150. The van der Waals surface area contributed by atoms with E-state index in [2.05, 4.69) is 10.6 Å². The molecule has 0 aliphatic rings. The lowest BCUT2D eigenvalue weighted by Gasteiger charge is -2.38. The SMILES string of the molecule is CCC(C)C(NC(=O)OC(C)(C)C)C(=O)N(C(C)C)C(C(=O)Nc1c(C)cccc1Cl)c1cc(C)cc(C)c1. The highest BCUT2D eigenvalue weighted by molar-refractivity contribution is 6.34. The van der Waals surface area contributed by atoms with Gasteiger partial charge in [0.05, 0.1) is 10.7 Å². The lowest BCUT2D eigenvalue weighted by molar-refractivity contribution is -0.144. The van der Waals surface area contributed by atoms with Crippen LogP contribution in [0.2, 0.25) is 5.02 Å². The summed E-state index contributed by atoms with van der Waals surface area (Å²) < 4.78 is 5.47. The topological polar surface area (TPSA) is 87.7 Å². The van der Waals surface area contributed by atoms with Crippen molar-refractivity contribution in [3.8, 4) is 0 Å². The van der Waals surface area contributed by atoms with Crippen molar-refractivity contribution in [3.63, 3.8) is 0 Å². The number of alkyl carbamates (subject to hydrolysis) is 1. The maximum absolute atomic E-state index is 14.3. The second-order valence-corrected chi connectivity index (χ2v) is 12.0. The average Bonchev–Trinajstić information content (AvgIpc) is 2.80. The maximum atomic E-state index is 14.3. The number of nitrogens with zero attached hydrogens (tertiary/aromatic N) is 1. The monoisotopic (exact) mass is 557 g/mol. The molecular formula is C31H44ClN3O4. The number of carbonyl (C=O) groups excluding carboxylic acids is 3. The van der Waals surface area contributed by atoms with Gasteiger partial charge in [0.15, 0.2) is 0 Å². The minimum Gasteiger partial charge on any atom is -0.444 e. The zero-order valence-corrected chi connectivity index (χ0v) is 25.7. The third-order valence-corrected chi connectivity index (χ3v) is 6.83. The molecule has 0 spiro atoms. The number of aryl methyl sites for hydroxylation is 3. The molecule has 0 heterocycles. The molecule has 0 aliphatic carbocycles. The summed E-state index contributed by atoms with van der Waals surface area (Å²) in [6, 6.07) is 9.01. The largest absolute Gasteiger partial charge is 0.444 e. The molecule has 3 amide bonds. The molecule has 0 saturated carbocycles. The molecule has 0 radical (unpaired) electrons. The Morgan fingerprint density at radius 2 is 1.59 bits per heavy atom. The van der Waals surface area contributed by atoms with Crippen molar-refractivity contribution < 1.29 is 19.1 Å². The van der Waals surface area contributed by atoms with Gasteiger partial charge in [0.25, 0.3) is 5.91 Å². The van der Waals surface area contributed by atoms with E-state index >= 15 is 0 Å². The lowest BCUT2D eigenvalue weighted by atomic mass is 9.93. The molecule has 2 rings (SSSR count). The second-order valence-electron chi connectivity index (χ2n) is 11.6. The molecule has 0 fully saturated rings. The summed E-state index contributed by atoms with van der Waals surface area (Å²) in [7, 11) is 0. The van der Waals surface area contributed by atoms with Crippen LogP contribution in [0.3, 0.4) is 0 Å². The zero-order chi connectivity index (χ0) is 29.7. The van der Waals surface area contributed by atoms with Crippen LogP contribution in [-0.4, -0.2) is 40.5 Å². The molecule has 3 atom stereocenters. The summed E-state index contributed by atoms with van der Waals surface area (Å²) in [6.07, 6.45) is -0.0406. The predicted octanol–water partition coefficient (Wildman–Crippen LogP) is 7.12. The first kappa shape index (κ1) is 32.2. The number of benzene rings is 2. The third kappa shape index (κ3) is 8.72. The summed E-state index contributed by atoms with van der Waals surface area (Å²) in [5.74, 6) is -0.959. The van der Waals surface area contributed by atoms with Crippen molar-refractivity contribution in [2.45, 2.75) is 99.4 Å². The lowest BCUT2D eigenvalue weighted by Crippen LogP contribution is -2.56. The van der Waals surface area contributed by atoms with E-state index in [-0.39, 0.29) is 17.9 Å². The number of anilines is 1. The highest BCUT2D eigenvalue weighted by atomic mass is 35.5. The van der Waals surface area contributed by atoms with Crippen LogP contribution in [0.15, 0.2) is 36.4 Å². The van der Waals surface area contributed by atoms with Crippen molar-refractivity contribution in [1.82, 2.24) is 10.2 Å². The number of rotatable bonds is 9. The molecule has 2 aromatic rings. The van der Waals surface area contributed by atoms with E-state index in [9.17, 15) is 14.4 Å². The molecular weight excluding hydrogens is 514 g/mol. The summed E-state index contributed by atoms with van der Waals surface area (Å²) in [5, 5.41) is 6.18. The Morgan fingerprint density at radius 1 is 1.00 bits per heavy atom. The summed E-state index contributed by atoms with van der Waals surface area (Å²) in [4.78, 5) is 42.7. The molecule has 7 nitrogen and oxygen atoms in total. The van der Waals surface area contributed by atoms with Crippen LogP contribution >= 0.6 is 11.6 Å². The minimum absolute atomic E-state index is 0.208. The zero-order valence-electron chi connectivity index (χ0n) is 24.9. The molecule has 2 N–H and O–H groups in total. The molecule has 39 heavy (non-hydrogen) atoms. The maximum Gasteiger partial charge on any atom is 0.408 e. The van der Waals surface area contributed by atoms with E-state index < -0.39 is 29.7 Å². The minimum atomic E-state index is -0.973. The van der Waals surface area contributed by atoms with E-state index in [0.717, 1.165) is 16.7 Å². The van der Waals surface area contributed by atoms with Crippen molar-refractivity contribution in [2.75, 3.05) is 5.32 Å². The number of hydrogen-bond donors (Lipinski definition) is 2. The van der Waals surface area contributed by atoms with Crippen molar-refractivity contribution in [1.29, 1.82) is 0 Å². The normalized spacial score (nSPS) is 13.8. The first-order valence-corrected chi connectivity index (χ1v) is 13.9. The van der Waals surface area contributed by atoms with Crippen molar-refractivity contribution in [2.24, 2.45) is 5.92 Å². The fraction of sp³-hybridized carbons (Fsp3) is 0.516. The van der Waals surface area contributed by atoms with Crippen molar-refractivity contribution >= 4 is 35.2 Å². The summed E-state index contributed by atoms with van der Waals surface area (Å²) in [6.45, 7) is 18.7. The Balaban J connectivity index is 2.63. The average molecular weight is 558 g/mol. The number of hydrogen-bond acceptors (Lipinski definition) is 4. The Labute approximate surface area is 238 Å². The first-order chi connectivity index (χ1) is 18.0. The van der Waals surface area contributed by atoms with Gasteiger partial charge in [-0.05, 0) is 78.5 Å². The molecule has 0 aliphatic heterocycles. The van der Waals surface area contributed by atoms with Gasteiger partial charge in [-0.2, -0.15) is 0 Å². The number of halogens is 1. The van der Waals surface area contributed by atoms with Gasteiger partial charge in [0.2, 0.25) is 5.91 Å². The number of nitrogens with one attached hydrogen (secondary N) is 2. The standard InChI is InChI=1S/C31H44ClN3O4/c1-11-21(6)26(34-30(38)39-31(8,9)10)29(37)35(18(2)3)27(23-16-19(4)15-20(5)17-23)28(36)33-25-22(7)13-12-14-24(25)32/h12-18,21,26-27H,11H2,1-10H3,(H,33,36)(H,34,38). The summed E-state index contributed by atoms with van der Waals surface area (Å²) in [5.41, 5.74) is 3.20. The highest BCUT2D eigenvalue weighted by Gasteiger charge is 2.39. The number of amides is 3. The van der Waals surface area contributed by atoms with Crippen LogP contribution in [0.4, 0.5) is 10.5 Å². The fourth-order valence-corrected chi connectivity index (χ4v) is 4.81. The van der Waals surface area contributed by atoms with Gasteiger partial charge in [-0.15, -0.1) is 0 Å². The van der Waals surface area contributed by atoms with Gasteiger partial charge >= 0.3 is 6.09 Å². The van der Waals surface area contributed by atoms with Gasteiger partial charge in [-0.3, -0.25) is 9.59 Å². The predicted molar refractivity (Wildman–Crippen MR) is 158 cm³/mol. The fourth-order valence-electron chi connectivity index (χ4n) is 4.55. The summed E-state index contributed by atoms with van der Waals surface area (Å²) >= 11 is 6.44. The molecule has 0 aromatic heterocycles. The molecule has 8 heteroatoms. The number of ether oxygens (including phenoxy) is 1. The van der Waals surface area contributed by atoms with E-state index in [1.54, 1.807) is 31.7 Å². The second kappa shape index (κ2) is 13.3. The first-order valence-electron chi connectivity index (χ1n) is 13.5. The quantitative estimate of drug-likeness (QED) is 0.343. The Morgan fingerprint density at radius 3 is 2.08 bits per heavy atom. The Hall–Kier alpha value is -3.06. The van der Waals surface area contributed by atoms with E-state index in [4.69, 9.17) is 16.3 Å². The van der Waals surface area contributed by atoms with Crippen LogP contribution < -0.4 is 10.6 Å². The van der Waals surface area contributed by atoms with Crippen LogP contribution in [0.5, 0.6) is 0 Å². The third-order valence-electron chi connectivity index (χ3n) is 6.52. The molecule has 214 valence electrons. The van der Waals surface area contributed by atoms with E-state index in [1.165, 1.54) is 0 Å².